The standard InChI is InChI=1S/C5H9NO/c1-4(2)7-5(3)6/h6H,1H2,2-3H3. The molecule has 0 bridgehead atoms. The summed E-state index contributed by atoms with van der Waals surface area (Å²) < 4.78 is 4.64. The molecule has 0 fully saturated rings. The van der Waals surface area contributed by atoms with Gasteiger partial charge in [-0.25, -0.2) is 0 Å². The van der Waals surface area contributed by atoms with Crippen LogP contribution in [0.25, 0.3) is 0 Å². The van der Waals surface area contributed by atoms with Crippen molar-refractivity contribution in [3.63, 3.8) is 0 Å². The number of hydrogen-bond donors (Lipinski definition) is 1. The molecule has 0 aromatic carbocycles. The average Bonchev–Trinajstić information content (AvgIpc) is 1.27. The van der Waals surface area contributed by atoms with Gasteiger partial charge in [0.15, 0.2) is 5.90 Å². The van der Waals surface area contributed by atoms with E-state index in [-0.39, 0.29) is 5.90 Å². The second kappa shape index (κ2) is 2.39. The number of ether oxygens (including phenoxy) is 1. The second-order valence-electron chi connectivity index (χ2n) is 1.36. The van der Waals surface area contributed by atoms with E-state index in [0.29, 0.717) is 5.76 Å². The van der Waals surface area contributed by atoms with Crippen molar-refractivity contribution in [2.24, 2.45) is 0 Å². The van der Waals surface area contributed by atoms with Crippen molar-refractivity contribution < 1.29 is 4.74 Å². The third-order valence-electron chi connectivity index (χ3n) is 0.327. The predicted molar refractivity (Wildman–Crippen MR) is 29.3 cm³/mol. The molecule has 0 saturated heterocycles. The van der Waals surface area contributed by atoms with Crippen LogP contribution in [0.2, 0.25) is 0 Å². The Kier molecular flexibility index (Phi) is 2.12. The second-order valence-corrected chi connectivity index (χ2v) is 1.36. The summed E-state index contributed by atoms with van der Waals surface area (Å²) in [6.45, 7) is 6.70. The Morgan fingerprint density at radius 3 is 2.00 bits per heavy atom. The lowest BCUT2D eigenvalue weighted by Gasteiger charge is -1.97. The zero-order chi connectivity index (χ0) is 5.86. The summed E-state index contributed by atoms with van der Waals surface area (Å²) in [5.74, 6) is 0.750. The monoisotopic (exact) mass is 99.1 g/mol. The molecule has 0 aromatic rings. The fraction of sp³-hybridized carbons (Fsp3) is 0.400. The first kappa shape index (κ1) is 6.21. The highest BCUT2D eigenvalue weighted by Gasteiger charge is 1.83. The molecular weight excluding hydrogens is 90.1 g/mol. The van der Waals surface area contributed by atoms with Gasteiger partial charge in [-0.15, -0.1) is 0 Å². The maximum atomic E-state index is 6.74. The van der Waals surface area contributed by atoms with E-state index >= 15 is 0 Å². The quantitative estimate of drug-likeness (QED) is 0.302. The summed E-state index contributed by atoms with van der Waals surface area (Å²) in [4.78, 5) is 0. The van der Waals surface area contributed by atoms with Gasteiger partial charge in [-0.2, -0.15) is 0 Å². The molecule has 2 heteroatoms. The molecule has 40 valence electrons. The van der Waals surface area contributed by atoms with Gasteiger partial charge in [0.25, 0.3) is 0 Å². The molecule has 1 N–H and O–H groups in total. The van der Waals surface area contributed by atoms with Gasteiger partial charge in [-0.1, -0.05) is 6.58 Å². The minimum Gasteiger partial charge on any atom is -0.449 e. The molecule has 0 unspecified atom stereocenters. The SMILES string of the molecule is C=C(C)OC(C)=N. The zero-order valence-corrected chi connectivity index (χ0v) is 4.62. The van der Waals surface area contributed by atoms with E-state index in [2.05, 4.69) is 11.3 Å². The van der Waals surface area contributed by atoms with Crippen LogP contribution in [-0.4, -0.2) is 5.90 Å². The average molecular weight is 99.1 g/mol. The van der Waals surface area contributed by atoms with Crippen molar-refractivity contribution in [3.05, 3.63) is 12.3 Å². The Bertz CT molecular complexity index is 84.3. The summed E-state index contributed by atoms with van der Waals surface area (Å²) in [6, 6.07) is 0. The first-order chi connectivity index (χ1) is 3.13. The Morgan fingerprint density at radius 1 is 1.57 bits per heavy atom. The van der Waals surface area contributed by atoms with E-state index in [1.54, 1.807) is 13.8 Å². The lowest BCUT2D eigenvalue weighted by atomic mass is 10.6. The predicted octanol–water partition coefficient (Wildman–Crippen LogP) is 1.53. The van der Waals surface area contributed by atoms with Crippen LogP contribution in [0.1, 0.15) is 13.8 Å². The molecule has 0 aliphatic heterocycles. The molecule has 0 aromatic heterocycles. The molecule has 0 radical (unpaired) electrons. The van der Waals surface area contributed by atoms with Gasteiger partial charge in [0.1, 0.15) is 0 Å². The van der Waals surface area contributed by atoms with Gasteiger partial charge in [0.05, 0.1) is 5.76 Å². The summed E-state index contributed by atoms with van der Waals surface area (Å²) in [5, 5.41) is 6.74. The maximum Gasteiger partial charge on any atom is 0.183 e. The summed E-state index contributed by atoms with van der Waals surface area (Å²) >= 11 is 0. The third-order valence-corrected chi connectivity index (χ3v) is 0.327. The van der Waals surface area contributed by atoms with Crippen LogP contribution >= 0.6 is 0 Å². The Labute approximate surface area is 43.3 Å². The molecule has 2 nitrogen and oxygen atoms in total. The first-order valence-corrected chi connectivity index (χ1v) is 2.01. The third kappa shape index (κ3) is 5.21. The molecule has 0 aliphatic rings. The van der Waals surface area contributed by atoms with Crippen LogP contribution < -0.4 is 0 Å². The highest BCUT2D eigenvalue weighted by Crippen LogP contribution is 1.88. The van der Waals surface area contributed by atoms with Crippen molar-refractivity contribution in [2.45, 2.75) is 13.8 Å². The fourth-order valence-corrected chi connectivity index (χ4v) is 0.261. The van der Waals surface area contributed by atoms with Crippen LogP contribution in [-0.2, 0) is 4.74 Å². The van der Waals surface area contributed by atoms with E-state index in [9.17, 15) is 0 Å². The van der Waals surface area contributed by atoms with Crippen LogP contribution in [0.3, 0.4) is 0 Å². The van der Waals surface area contributed by atoms with Crippen molar-refractivity contribution >= 4 is 5.90 Å². The Hall–Kier alpha value is -0.790. The van der Waals surface area contributed by atoms with Gasteiger partial charge in [-0.05, 0) is 6.92 Å². The van der Waals surface area contributed by atoms with Gasteiger partial charge < -0.3 is 4.74 Å². The molecule has 0 saturated carbocycles. The van der Waals surface area contributed by atoms with Crippen molar-refractivity contribution in [2.75, 3.05) is 0 Å². The normalized spacial score (nSPS) is 7.71. The van der Waals surface area contributed by atoms with E-state index in [1.165, 1.54) is 0 Å². The summed E-state index contributed by atoms with van der Waals surface area (Å²) in [7, 11) is 0. The highest BCUT2D eigenvalue weighted by molar-refractivity contribution is 5.70. The summed E-state index contributed by atoms with van der Waals surface area (Å²) in [5.41, 5.74) is 0. The van der Waals surface area contributed by atoms with E-state index < -0.39 is 0 Å². The van der Waals surface area contributed by atoms with Crippen LogP contribution in [0.5, 0.6) is 0 Å². The van der Waals surface area contributed by atoms with Crippen molar-refractivity contribution in [1.29, 1.82) is 5.41 Å². The smallest absolute Gasteiger partial charge is 0.183 e. The summed E-state index contributed by atoms with van der Waals surface area (Å²) in [6.07, 6.45) is 0. The van der Waals surface area contributed by atoms with E-state index in [0.717, 1.165) is 0 Å². The largest absolute Gasteiger partial charge is 0.449 e. The molecule has 0 amide bonds. The zero-order valence-electron chi connectivity index (χ0n) is 4.62. The van der Waals surface area contributed by atoms with Gasteiger partial charge in [-0.3, -0.25) is 5.41 Å². The topological polar surface area (TPSA) is 33.1 Å². The van der Waals surface area contributed by atoms with Crippen LogP contribution in [0.15, 0.2) is 12.3 Å². The van der Waals surface area contributed by atoms with Gasteiger partial charge in [0, 0.05) is 6.92 Å². The maximum absolute atomic E-state index is 6.74. The number of rotatable bonds is 1. The van der Waals surface area contributed by atoms with Crippen molar-refractivity contribution in [1.82, 2.24) is 0 Å². The lowest BCUT2D eigenvalue weighted by molar-refractivity contribution is 0.413. The molecule has 0 spiro atoms. The van der Waals surface area contributed by atoms with E-state index in [1.807, 2.05) is 0 Å². The van der Waals surface area contributed by atoms with Gasteiger partial charge in [0.2, 0.25) is 0 Å². The van der Waals surface area contributed by atoms with Crippen LogP contribution in [0, 0.1) is 5.41 Å². The lowest BCUT2D eigenvalue weighted by Crippen LogP contribution is -1.92. The molecule has 0 aliphatic carbocycles. The van der Waals surface area contributed by atoms with Crippen LogP contribution in [0.4, 0.5) is 0 Å². The molecule has 7 heavy (non-hydrogen) atoms. The van der Waals surface area contributed by atoms with E-state index in [4.69, 9.17) is 5.41 Å². The minimum absolute atomic E-state index is 0.188. The van der Waals surface area contributed by atoms with Gasteiger partial charge >= 0.3 is 0 Å². The minimum atomic E-state index is 0.188. The fourth-order valence-electron chi connectivity index (χ4n) is 0.261. The molecule has 0 atom stereocenters. The number of allylic oxidation sites excluding steroid dienone is 1. The molecule has 0 heterocycles. The van der Waals surface area contributed by atoms with Crippen molar-refractivity contribution in [3.8, 4) is 0 Å². The highest BCUT2D eigenvalue weighted by atomic mass is 16.5. The number of nitrogens with one attached hydrogen (secondary N) is 1. The molecular formula is C5H9NO. The molecule has 0 rings (SSSR count). The number of hydrogen-bond acceptors (Lipinski definition) is 2. The first-order valence-electron chi connectivity index (χ1n) is 2.01. The Morgan fingerprint density at radius 2 is 2.00 bits per heavy atom. The Balaban J connectivity index is 3.32.